The van der Waals surface area contributed by atoms with E-state index in [9.17, 15) is 13.2 Å². The van der Waals surface area contributed by atoms with Crippen LogP contribution in [0.5, 0.6) is 0 Å². The van der Waals surface area contributed by atoms with Crippen LogP contribution in [-0.2, 0) is 10.0 Å². The van der Waals surface area contributed by atoms with Crippen molar-refractivity contribution < 1.29 is 13.2 Å². The van der Waals surface area contributed by atoms with Crippen molar-refractivity contribution in [3.63, 3.8) is 0 Å². The molecule has 0 bridgehead atoms. The fourth-order valence-electron chi connectivity index (χ4n) is 2.77. The molecule has 0 spiro atoms. The Morgan fingerprint density at radius 2 is 1.59 bits per heavy atom. The van der Waals surface area contributed by atoms with Gasteiger partial charge in [-0.3, -0.25) is 0 Å². The Morgan fingerprint density at radius 1 is 0.963 bits per heavy atom. The monoisotopic (exact) mass is 427 g/mol. The molecule has 0 saturated carbocycles. The number of benzene rings is 2. The summed E-state index contributed by atoms with van der Waals surface area (Å²) in [4.78, 5) is 14.2. The van der Waals surface area contributed by atoms with Gasteiger partial charge in [-0.15, -0.1) is 0 Å². The van der Waals surface area contributed by atoms with E-state index in [1.165, 1.54) is 4.31 Å². The van der Waals surface area contributed by atoms with Gasteiger partial charge in [-0.25, -0.2) is 13.2 Å². The van der Waals surface area contributed by atoms with Gasteiger partial charge in [0.15, 0.2) is 0 Å². The molecule has 3 rings (SSSR count). The van der Waals surface area contributed by atoms with Gasteiger partial charge in [0.1, 0.15) is 0 Å². The Morgan fingerprint density at radius 3 is 2.19 bits per heavy atom. The minimum absolute atomic E-state index is 0.241. The van der Waals surface area contributed by atoms with Crippen LogP contribution in [0, 0.1) is 6.92 Å². The number of hydrogen-bond acceptors (Lipinski definition) is 3. The van der Waals surface area contributed by atoms with Crippen LogP contribution in [0.3, 0.4) is 0 Å². The lowest BCUT2D eigenvalue weighted by atomic mass is 10.2. The molecule has 6 nitrogen and oxygen atoms in total. The second kappa shape index (κ2) is 8.06. The lowest BCUT2D eigenvalue weighted by Gasteiger charge is -2.34. The first-order valence-electron chi connectivity index (χ1n) is 8.35. The van der Waals surface area contributed by atoms with Gasteiger partial charge < -0.3 is 10.2 Å². The number of carbonyl (C=O) groups excluding carboxylic acids is 1. The predicted molar refractivity (Wildman–Crippen MR) is 107 cm³/mol. The molecule has 0 radical (unpaired) electrons. The second-order valence-electron chi connectivity index (χ2n) is 6.26. The van der Waals surface area contributed by atoms with E-state index in [-0.39, 0.29) is 24.0 Å². The van der Waals surface area contributed by atoms with Crippen molar-refractivity contribution in [3.8, 4) is 0 Å². The first-order valence-corrected chi connectivity index (χ1v) is 10.5. The number of amides is 2. The molecule has 1 fully saturated rings. The molecule has 1 N–H and O–H groups in total. The predicted octanol–water partition coefficient (Wildman–Crippen LogP) is 3.84. The van der Waals surface area contributed by atoms with E-state index in [1.54, 1.807) is 47.4 Å². The lowest BCUT2D eigenvalue weighted by Crippen LogP contribution is -2.51. The molecule has 2 amide bonds. The Bertz CT molecular complexity index is 941. The highest BCUT2D eigenvalue weighted by Gasteiger charge is 2.30. The molecule has 1 saturated heterocycles. The largest absolute Gasteiger partial charge is 0.322 e. The minimum Gasteiger partial charge on any atom is -0.322 e. The van der Waals surface area contributed by atoms with Crippen molar-refractivity contribution in [2.24, 2.45) is 0 Å². The normalized spacial score (nSPS) is 15.6. The number of hydrogen-bond donors (Lipinski definition) is 1. The average Bonchev–Trinajstić information content (AvgIpc) is 2.65. The van der Waals surface area contributed by atoms with Gasteiger partial charge in [-0.05, 0) is 37.3 Å². The standard InChI is InChI=1S/C18H19Cl2N3O3S/c1-13-2-5-15(6-3-13)27(25,26)23-10-8-22(9-11-23)18(24)21-14-4-7-16(19)17(20)12-14/h2-7,12H,8-11H2,1H3,(H,21,24). The molecule has 27 heavy (non-hydrogen) atoms. The van der Waals surface area contributed by atoms with Crippen LogP contribution in [0.2, 0.25) is 10.0 Å². The summed E-state index contributed by atoms with van der Waals surface area (Å²) >= 11 is 11.8. The summed E-state index contributed by atoms with van der Waals surface area (Å²) in [5, 5.41) is 3.50. The number of nitrogens with one attached hydrogen (secondary N) is 1. The van der Waals surface area contributed by atoms with Crippen LogP contribution in [-0.4, -0.2) is 49.8 Å². The van der Waals surface area contributed by atoms with Crippen molar-refractivity contribution in [2.45, 2.75) is 11.8 Å². The van der Waals surface area contributed by atoms with E-state index < -0.39 is 10.0 Å². The topological polar surface area (TPSA) is 69.7 Å². The number of rotatable bonds is 3. The summed E-state index contributed by atoms with van der Waals surface area (Å²) in [6.45, 7) is 2.99. The number of anilines is 1. The highest BCUT2D eigenvalue weighted by atomic mass is 35.5. The molecule has 0 atom stereocenters. The first kappa shape index (κ1) is 19.9. The molecule has 1 aliphatic rings. The Balaban J connectivity index is 1.61. The molecule has 0 aliphatic carbocycles. The maximum Gasteiger partial charge on any atom is 0.321 e. The molecule has 1 heterocycles. The van der Waals surface area contributed by atoms with Crippen LogP contribution in [0.4, 0.5) is 10.5 Å². The highest BCUT2D eigenvalue weighted by Crippen LogP contribution is 2.25. The van der Waals surface area contributed by atoms with Gasteiger partial charge >= 0.3 is 6.03 Å². The zero-order valence-electron chi connectivity index (χ0n) is 14.7. The quantitative estimate of drug-likeness (QED) is 0.808. The summed E-state index contributed by atoms with van der Waals surface area (Å²) in [5.74, 6) is 0. The van der Waals surface area contributed by atoms with Crippen LogP contribution >= 0.6 is 23.2 Å². The zero-order valence-corrected chi connectivity index (χ0v) is 17.0. The fourth-order valence-corrected chi connectivity index (χ4v) is 4.49. The van der Waals surface area contributed by atoms with Crippen molar-refractivity contribution in [2.75, 3.05) is 31.5 Å². The van der Waals surface area contributed by atoms with E-state index in [0.717, 1.165) is 5.56 Å². The summed E-state index contributed by atoms with van der Waals surface area (Å²) in [5.41, 5.74) is 1.53. The zero-order chi connectivity index (χ0) is 19.6. The van der Waals surface area contributed by atoms with Crippen molar-refractivity contribution >= 4 is 44.9 Å². The van der Waals surface area contributed by atoms with Crippen LogP contribution in [0.1, 0.15) is 5.56 Å². The molecular weight excluding hydrogens is 409 g/mol. The van der Waals surface area contributed by atoms with Gasteiger partial charge in [0.25, 0.3) is 0 Å². The third-order valence-corrected chi connectivity index (χ3v) is 7.01. The molecular formula is C18H19Cl2N3O3S. The number of aryl methyl sites for hydroxylation is 1. The number of urea groups is 1. The summed E-state index contributed by atoms with van der Waals surface area (Å²) < 4.78 is 26.8. The third-order valence-electron chi connectivity index (χ3n) is 4.36. The molecule has 9 heteroatoms. The summed E-state index contributed by atoms with van der Waals surface area (Å²) in [7, 11) is -3.55. The number of carbonyl (C=O) groups is 1. The Hall–Kier alpha value is -1.80. The van der Waals surface area contributed by atoms with Gasteiger partial charge in [0, 0.05) is 31.9 Å². The second-order valence-corrected chi connectivity index (χ2v) is 9.02. The van der Waals surface area contributed by atoms with E-state index in [0.29, 0.717) is 28.8 Å². The van der Waals surface area contributed by atoms with Crippen molar-refractivity contribution in [1.29, 1.82) is 0 Å². The maximum atomic E-state index is 12.7. The van der Waals surface area contributed by atoms with Crippen molar-refractivity contribution in [3.05, 3.63) is 58.1 Å². The Kier molecular flexibility index (Phi) is 5.95. The number of piperazine rings is 1. The highest BCUT2D eigenvalue weighted by molar-refractivity contribution is 7.89. The average molecular weight is 428 g/mol. The van der Waals surface area contributed by atoms with Crippen LogP contribution < -0.4 is 5.32 Å². The lowest BCUT2D eigenvalue weighted by molar-refractivity contribution is 0.184. The molecule has 0 aromatic heterocycles. The Labute approximate surface area is 168 Å². The van der Waals surface area contributed by atoms with E-state index >= 15 is 0 Å². The number of sulfonamides is 1. The molecule has 2 aromatic carbocycles. The van der Waals surface area contributed by atoms with Crippen molar-refractivity contribution in [1.82, 2.24) is 9.21 Å². The van der Waals surface area contributed by atoms with Gasteiger partial charge in [-0.2, -0.15) is 4.31 Å². The number of nitrogens with zero attached hydrogens (tertiary/aromatic N) is 2. The minimum atomic E-state index is -3.55. The van der Waals surface area contributed by atoms with E-state index in [1.807, 2.05) is 6.92 Å². The van der Waals surface area contributed by atoms with Crippen LogP contribution in [0.15, 0.2) is 47.4 Å². The molecule has 1 aliphatic heterocycles. The SMILES string of the molecule is Cc1ccc(S(=O)(=O)N2CCN(C(=O)Nc3ccc(Cl)c(Cl)c3)CC2)cc1. The van der Waals surface area contributed by atoms with E-state index in [2.05, 4.69) is 5.32 Å². The molecule has 2 aromatic rings. The van der Waals surface area contributed by atoms with Gasteiger partial charge in [-0.1, -0.05) is 40.9 Å². The van der Waals surface area contributed by atoms with Gasteiger partial charge in [0.05, 0.1) is 14.9 Å². The smallest absolute Gasteiger partial charge is 0.321 e. The van der Waals surface area contributed by atoms with Crippen LogP contribution in [0.25, 0.3) is 0 Å². The molecule has 0 unspecified atom stereocenters. The fraction of sp³-hybridized carbons (Fsp3) is 0.278. The maximum absolute atomic E-state index is 12.7. The summed E-state index contributed by atoms with van der Waals surface area (Å²) in [6.07, 6.45) is 0. The number of halogens is 2. The summed E-state index contributed by atoms with van der Waals surface area (Å²) in [6, 6.07) is 11.3. The third kappa shape index (κ3) is 4.55. The van der Waals surface area contributed by atoms with Gasteiger partial charge in [0.2, 0.25) is 10.0 Å². The molecule has 144 valence electrons. The first-order chi connectivity index (χ1) is 12.8. The van der Waals surface area contributed by atoms with E-state index in [4.69, 9.17) is 23.2 Å².